The Morgan fingerprint density at radius 3 is 2.46 bits per heavy atom. The van der Waals surface area contributed by atoms with E-state index in [0.29, 0.717) is 12.8 Å². The molecule has 1 aromatic carbocycles. The first kappa shape index (κ1) is 19.9. The molecule has 1 N–H and O–H groups in total. The van der Waals surface area contributed by atoms with Crippen molar-refractivity contribution in [1.82, 2.24) is 9.88 Å². The SMILES string of the molecule is COC(=O)CC[C@@H]1c2[nH]c3ccccc3c2C[C@@H](C(=O)OC)N1CC(=O)OC. The highest BCUT2D eigenvalue weighted by molar-refractivity contribution is 5.87. The molecule has 1 aliphatic rings. The van der Waals surface area contributed by atoms with Gasteiger partial charge in [0.2, 0.25) is 0 Å². The number of aromatic nitrogens is 1. The predicted octanol–water partition coefficient (Wildman–Crippen LogP) is 1.73. The molecule has 2 atom stereocenters. The fraction of sp³-hybridized carbons (Fsp3) is 0.450. The molecule has 150 valence electrons. The van der Waals surface area contributed by atoms with Crippen molar-refractivity contribution in [2.75, 3.05) is 27.9 Å². The van der Waals surface area contributed by atoms with Crippen LogP contribution in [0.5, 0.6) is 0 Å². The maximum Gasteiger partial charge on any atom is 0.323 e. The van der Waals surface area contributed by atoms with E-state index in [2.05, 4.69) is 4.98 Å². The molecule has 1 aromatic heterocycles. The van der Waals surface area contributed by atoms with E-state index in [-0.39, 0.29) is 25.0 Å². The predicted molar refractivity (Wildman–Crippen MR) is 101 cm³/mol. The first-order chi connectivity index (χ1) is 13.5. The van der Waals surface area contributed by atoms with Crippen molar-refractivity contribution in [3.8, 4) is 0 Å². The largest absolute Gasteiger partial charge is 0.469 e. The van der Waals surface area contributed by atoms with Gasteiger partial charge in [0, 0.05) is 29.4 Å². The number of nitrogens with zero attached hydrogens (tertiary/aromatic N) is 1. The Kier molecular flexibility index (Phi) is 5.99. The average molecular weight is 388 g/mol. The molecule has 0 bridgehead atoms. The van der Waals surface area contributed by atoms with E-state index in [9.17, 15) is 14.4 Å². The Morgan fingerprint density at radius 2 is 1.79 bits per heavy atom. The van der Waals surface area contributed by atoms with Gasteiger partial charge in [-0.3, -0.25) is 19.3 Å². The molecule has 0 amide bonds. The van der Waals surface area contributed by atoms with Crippen LogP contribution in [0, 0.1) is 0 Å². The Hall–Kier alpha value is -2.87. The summed E-state index contributed by atoms with van der Waals surface area (Å²) < 4.78 is 14.6. The minimum atomic E-state index is -0.654. The lowest BCUT2D eigenvalue weighted by Gasteiger charge is -2.39. The number of ether oxygens (including phenoxy) is 3. The maximum absolute atomic E-state index is 12.5. The van der Waals surface area contributed by atoms with E-state index in [0.717, 1.165) is 22.2 Å². The van der Waals surface area contributed by atoms with E-state index in [1.165, 1.54) is 21.3 Å². The van der Waals surface area contributed by atoms with Crippen LogP contribution in [-0.2, 0) is 35.0 Å². The fourth-order valence-corrected chi connectivity index (χ4v) is 3.87. The van der Waals surface area contributed by atoms with Crippen molar-refractivity contribution in [1.29, 1.82) is 0 Å². The lowest BCUT2D eigenvalue weighted by atomic mass is 9.89. The molecule has 3 rings (SSSR count). The van der Waals surface area contributed by atoms with Crippen molar-refractivity contribution in [2.24, 2.45) is 0 Å². The molecule has 0 saturated heterocycles. The highest BCUT2D eigenvalue weighted by Crippen LogP contribution is 2.39. The summed E-state index contributed by atoms with van der Waals surface area (Å²) in [6.07, 6.45) is 0.941. The van der Waals surface area contributed by atoms with Crippen molar-refractivity contribution in [2.45, 2.75) is 31.3 Å². The Bertz CT molecular complexity index is 890. The van der Waals surface area contributed by atoms with Gasteiger partial charge in [0.1, 0.15) is 6.04 Å². The highest BCUT2D eigenvalue weighted by atomic mass is 16.5. The van der Waals surface area contributed by atoms with E-state index in [1.54, 1.807) is 4.90 Å². The van der Waals surface area contributed by atoms with Crippen molar-refractivity contribution < 1.29 is 28.6 Å². The molecule has 2 heterocycles. The number of carbonyl (C=O) groups is 3. The van der Waals surface area contributed by atoms with E-state index >= 15 is 0 Å². The van der Waals surface area contributed by atoms with E-state index < -0.39 is 18.0 Å². The Morgan fingerprint density at radius 1 is 1.07 bits per heavy atom. The van der Waals surface area contributed by atoms with Crippen LogP contribution >= 0.6 is 0 Å². The quantitative estimate of drug-likeness (QED) is 0.594. The van der Waals surface area contributed by atoms with Crippen molar-refractivity contribution in [3.63, 3.8) is 0 Å². The standard InChI is InChI=1S/C20H24N2O6/c1-26-17(23)9-8-15-19-13(12-6-4-5-7-14(12)21-19)10-16(20(25)28-3)22(15)11-18(24)27-2/h4-7,15-16,21H,8-11H2,1-3H3/t15-,16+/m1/s1. The first-order valence-electron chi connectivity index (χ1n) is 9.06. The number of esters is 3. The summed E-state index contributed by atoms with van der Waals surface area (Å²) in [5.41, 5.74) is 2.84. The number of hydrogen-bond acceptors (Lipinski definition) is 7. The number of hydrogen-bond donors (Lipinski definition) is 1. The van der Waals surface area contributed by atoms with Crippen LogP contribution < -0.4 is 0 Å². The van der Waals surface area contributed by atoms with E-state index in [4.69, 9.17) is 14.2 Å². The number of carbonyl (C=O) groups excluding carboxylic acids is 3. The number of rotatable bonds is 6. The molecule has 0 unspecified atom stereocenters. The third kappa shape index (κ3) is 3.73. The molecule has 0 spiro atoms. The van der Waals surface area contributed by atoms with Gasteiger partial charge in [-0.1, -0.05) is 18.2 Å². The van der Waals surface area contributed by atoms with Crippen LogP contribution in [0.4, 0.5) is 0 Å². The number of H-pyrrole nitrogens is 1. The summed E-state index contributed by atoms with van der Waals surface area (Å²) in [5.74, 6) is -1.24. The summed E-state index contributed by atoms with van der Waals surface area (Å²) in [6.45, 7) is -0.0864. The van der Waals surface area contributed by atoms with Crippen molar-refractivity contribution in [3.05, 3.63) is 35.5 Å². The van der Waals surface area contributed by atoms with Crippen LogP contribution in [0.2, 0.25) is 0 Å². The molecule has 1 aliphatic heterocycles. The van der Waals surface area contributed by atoms with Gasteiger partial charge in [-0.15, -0.1) is 0 Å². The third-order valence-corrected chi connectivity index (χ3v) is 5.24. The first-order valence-corrected chi connectivity index (χ1v) is 9.06. The zero-order chi connectivity index (χ0) is 20.3. The van der Waals surface area contributed by atoms with Gasteiger partial charge in [0.15, 0.2) is 0 Å². The second-order valence-corrected chi connectivity index (χ2v) is 6.68. The number of aromatic amines is 1. The minimum absolute atomic E-state index is 0.0864. The molecule has 8 heteroatoms. The van der Waals surface area contributed by atoms with E-state index in [1.807, 2.05) is 24.3 Å². The summed E-state index contributed by atoms with van der Waals surface area (Å²) in [6, 6.07) is 6.80. The van der Waals surface area contributed by atoms with Gasteiger partial charge in [-0.05, 0) is 18.1 Å². The second kappa shape index (κ2) is 8.43. The molecular weight excluding hydrogens is 364 g/mol. The number of nitrogens with one attached hydrogen (secondary N) is 1. The smallest absolute Gasteiger partial charge is 0.323 e. The number of para-hydroxylation sites is 1. The zero-order valence-electron chi connectivity index (χ0n) is 16.2. The van der Waals surface area contributed by atoms with Crippen LogP contribution in [0.15, 0.2) is 24.3 Å². The molecule has 2 aromatic rings. The molecule has 0 fully saturated rings. The van der Waals surface area contributed by atoms with Gasteiger partial charge < -0.3 is 19.2 Å². The minimum Gasteiger partial charge on any atom is -0.469 e. The number of benzene rings is 1. The third-order valence-electron chi connectivity index (χ3n) is 5.24. The highest BCUT2D eigenvalue weighted by Gasteiger charge is 2.41. The lowest BCUT2D eigenvalue weighted by Crippen LogP contribution is -2.50. The van der Waals surface area contributed by atoms with Crippen LogP contribution in [0.1, 0.15) is 30.1 Å². The Balaban J connectivity index is 2.08. The van der Waals surface area contributed by atoms with Crippen molar-refractivity contribution >= 4 is 28.8 Å². The van der Waals surface area contributed by atoms with Gasteiger partial charge in [-0.2, -0.15) is 0 Å². The number of fused-ring (bicyclic) bond motifs is 3. The summed E-state index contributed by atoms with van der Waals surface area (Å²) >= 11 is 0. The average Bonchev–Trinajstić information content (AvgIpc) is 3.09. The number of methoxy groups -OCH3 is 3. The second-order valence-electron chi connectivity index (χ2n) is 6.68. The van der Waals surface area contributed by atoms with Gasteiger partial charge >= 0.3 is 17.9 Å². The molecule has 0 radical (unpaired) electrons. The molecule has 0 aliphatic carbocycles. The normalized spacial score (nSPS) is 19.1. The monoisotopic (exact) mass is 388 g/mol. The van der Waals surface area contributed by atoms with Gasteiger partial charge in [0.25, 0.3) is 0 Å². The van der Waals surface area contributed by atoms with Crippen LogP contribution in [0.3, 0.4) is 0 Å². The summed E-state index contributed by atoms with van der Waals surface area (Å²) in [5, 5.41) is 1.02. The fourth-order valence-electron chi connectivity index (χ4n) is 3.87. The zero-order valence-corrected chi connectivity index (χ0v) is 16.2. The van der Waals surface area contributed by atoms with Gasteiger partial charge in [0.05, 0.1) is 33.9 Å². The maximum atomic E-state index is 12.5. The summed E-state index contributed by atoms with van der Waals surface area (Å²) in [4.78, 5) is 41.5. The van der Waals surface area contributed by atoms with Crippen LogP contribution in [-0.4, -0.2) is 61.7 Å². The topological polar surface area (TPSA) is 97.9 Å². The Labute approximate surface area is 162 Å². The van der Waals surface area contributed by atoms with Crippen LogP contribution in [0.25, 0.3) is 10.9 Å². The summed E-state index contributed by atoms with van der Waals surface area (Å²) in [7, 11) is 3.96. The molecule has 28 heavy (non-hydrogen) atoms. The lowest BCUT2D eigenvalue weighted by molar-refractivity contribution is -0.152. The molecular formula is C20H24N2O6. The van der Waals surface area contributed by atoms with Gasteiger partial charge in [-0.25, -0.2) is 0 Å². The molecule has 8 nitrogen and oxygen atoms in total. The molecule has 0 saturated carbocycles.